The standard InChI is InChI=1S/C26H24N4O4/c1-3-34-21-12-17(7-9-20(21)32)25-22-23(18-11-15(2)6-8-19(18)31)28-29-24(22)26(33)30(25)14-16-5-4-10-27-13-16/h4-13,25,31-32H,3,14H2,1-2H3,(H,28,29)/t25-/m1/s1. The quantitative estimate of drug-likeness (QED) is 0.398. The van der Waals surface area contributed by atoms with Gasteiger partial charge in [-0.05, 0) is 55.3 Å². The Balaban J connectivity index is 1.69. The fourth-order valence-corrected chi connectivity index (χ4v) is 4.41. The Kier molecular flexibility index (Phi) is 5.41. The highest BCUT2D eigenvalue weighted by Gasteiger charge is 2.42. The molecule has 2 aromatic heterocycles. The van der Waals surface area contributed by atoms with Crippen LogP contribution in [0.3, 0.4) is 0 Å². The lowest BCUT2D eigenvalue weighted by Gasteiger charge is -2.27. The second-order valence-corrected chi connectivity index (χ2v) is 8.24. The van der Waals surface area contributed by atoms with Crippen LogP contribution in [0.2, 0.25) is 0 Å². The van der Waals surface area contributed by atoms with Crippen LogP contribution in [0.25, 0.3) is 11.3 Å². The predicted molar refractivity (Wildman–Crippen MR) is 126 cm³/mol. The molecule has 0 spiro atoms. The van der Waals surface area contributed by atoms with Crippen molar-refractivity contribution in [1.82, 2.24) is 20.1 Å². The fraction of sp³-hybridized carbons (Fsp3) is 0.192. The van der Waals surface area contributed by atoms with Crippen LogP contribution in [0.15, 0.2) is 60.9 Å². The fourth-order valence-electron chi connectivity index (χ4n) is 4.41. The maximum Gasteiger partial charge on any atom is 0.273 e. The monoisotopic (exact) mass is 456 g/mol. The Morgan fingerprint density at radius 1 is 1.12 bits per heavy atom. The summed E-state index contributed by atoms with van der Waals surface area (Å²) in [6.07, 6.45) is 3.41. The number of benzene rings is 2. The minimum atomic E-state index is -0.517. The van der Waals surface area contributed by atoms with Gasteiger partial charge in [-0.2, -0.15) is 5.10 Å². The van der Waals surface area contributed by atoms with E-state index in [4.69, 9.17) is 4.74 Å². The molecule has 8 nitrogen and oxygen atoms in total. The number of aromatic amines is 1. The summed E-state index contributed by atoms with van der Waals surface area (Å²) in [5.41, 5.74) is 4.69. The topological polar surface area (TPSA) is 112 Å². The zero-order valence-corrected chi connectivity index (χ0v) is 18.8. The number of nitrogens with zero attached hydrogens (tertiary/aromatic N) is 3. The van der Waals surface area contributed by atoms with Crippen LogP contribution in [0.1, 0.15) is 45.7 Å². The van der Waals surface area contributed by atoms with Crippen LogP contribution < -0.4 is 4.74 Å². The van der Waals surface area contributed by atoms with Gasteiger partial charge in [0.05, 0.1) is 12.6 Å². The Hall–Kier alpha value is -4.33. The first-order valence-corrected chi connectivity index (χ1v) is 11.0. The highest BCUT2D eigenvalue weighted by molar-refractivity contribution is 6.00. The van der Waals surface area contributed by atoms with Crippen molar-refractivity contribution in [3.8, 4) is 28.5 Å². The van der Waals surface area contributed by atoms with E-state index in [1.54, 1.807) is 41.6 Å². The lowest BCUT2D eigenvalue weighted by Crippen LogP contribution is -2.29. The van der Waals surface area contributed by atoms with E-state index >= 15 is 0 Å². The molecular weight excluding hydrogens is 432 g/mol. The van der Waals surface area contributed by atoms with Crippen LogP contribution in [0.4, 0.5) is 0 Å². The molecule has 0 radical (unpaired) electrons. The van der Waals surface area contributed by atoms with Crippen LogP contribution in [0, 0.1) is 6.92 Å². The summed E-state index contributed by atoms with van der Waals surface area (Å²) in [6.45, 7) is 4.48. The lowest BCUT2D eigenvalue weighted by molar-refractivity contribution is 0.0729. The van der Waals surface area contributed by atoms with Crippen molar-refractivity contribution in [1.29, 1.82) is 0 Å². The molecule has 8 heteroatoms. The number of nitrogens with one attached hydrogen (secondary N) is 1. The van der Waals surface area contributed by atoms with Gasteiger partial charge in [-0.3, -0.25) is 14.9 Å². The van der Waals surface area contributed by atoms with E-state index in [1.165, 1.54) is 0 Å². The molecule has 0 fully saturated rings. The minimum absolute atomic E-state index is 0.0257. The Morgan fingerprint density at radius 3 is 2.71 bits per heavy atom. The Bertz CT molecular complexity index is 1370. The number of phenols is 2. The molecule has 1 atom stereocenters. The van der Waals surface area contributed by atoms with Gasteiger partial charge in [0.2, 0.25) is 0 Å². The molecule has 2 aromatic carbocycles. The van der Waals surface area contributed by atoms with Gasteiger partial charge < -0.3 is 19.8 Å². The summed E-state index contributed by atoms with van der Waals surface area (Å²) < 4.78 is 5.61. The van der Waals surface area contributed by atoms with Gasteiger partial charge in [-0.25, -0.2) is 0 Å². The summed E-state index contributed by atoms with van der Waals surface area (Å²) in [4.78, 5) is 19.5. The molecule has 172 valence electrons. The number of phenolic OH excluding ortho intramolecular Hbond substituents is 2. The van der Waals surface area contributed by atoms with E-state index in [1.807, 2.05) is 38.1 Å². The second kappa shape index (κ2) is 8.55. The van der Waals surface area contributed by atoms with Crippen molar-refractivity contribution >= 4 is 5.91 Å². The number of hydrogen-bond acceptors (Lipinski definition) is 6. The number of pyridine rings is 1. The van der Waals surface area contributed by atoms with E-state index in [9.17, 15) is 15.0 Å². The lowest BCUT2D eigenvalue weighted by atomic mass is 9.94. The number of hydrogen-bond donors (Lipinski definition) is 3. The van der Waals surface area contributed by atoms with Gasteiger partial charge in [0.1, 0.15) is 17.1 Å². The number of aromatic hydroxyl groups is 2. The van der Waals surface area contributed by atoms with Gasteiger partial charge in [-0.15, -0.1) is 0 Å². The van der Waals surface area contributed by atoms with Crippen molar-refractivity contribution in [2.45, 2.75) is 26.4 Å². The van der Waals surface area contributed by atoms with Gasteiger partial charge in [0, 0.05) is 30.1 Å². The van der Waals surface area contributed by atoms with E-state index in [0.29, 0.717) is 41.4 Å². The molecule has 1 aliphatic heterocycles. The first-order valence-electron chi connectivity index (χ1n) is 11.0. The van der Waals surface area contributed by atoms with E-state index in [0.717, 1.165) is 16.7 Å². The van der Waals surface area contributed by atoms with Crippen molar-refractivity contribution in [2.75, 3.05) is 6.61 Å². The number of fused-ring (bicyclic) bond motifs is 1. The molecule has 5 rings (SSSR count). The van der Waals surface area contributed by atoms with Crippen LogP contribution in [-0.4, -0.2) is 42.8 Å². The molecular formula is C26H24N4O4. The number of rotatable bonds is 6. The molecule has 34 heavy (non-hydrogen) atoms. The highest BCUT2D eigenvalue weighted by atomic mass is 16.5. The van der Waals surface area contributed by atoms with E-state index in [2.05, 4.69) is 15.2 Å². The summed E-state index contributed by atoms with van der Waals surface area (Å²) in [5, 5.41) is 28.2. The Labute approximate surface area is 196 Å². The third-order valence-corrected chi connectivity index (χ3v) is 5.95. The first-order chi connectivity index (χ1) is 16.5. The second-order valence-electron chi connectivity index (χ2n) is 8.24. The molecule has 0 unspecified atom stereocenters. The number of aromatic nitrogens is 3. The highest BCUT2D eigenvalue weighted by Crippen LogP contribution is 2.46. The van der Waals surface area contributed by atoms with Crippen molar-refractivity contribution < 1.29 is 19.7 Å². The smallest absolute Gasteiger partial charge is 0.273 e. The number of carbonyl (C=O) groups is 1. The van der Waals surface area contributed by atoms with Crippen molar-refractivity contribution in [3.05, 3.63) is 88.9 Å². The third-order valence-electron chi connectivity index (χ3n) is 5.95. The predicted octanol–water partition coefficient (Wildman–Crippen LogP) is 4.34. The van der Waals surface area contributed by atoms with Crippen molar-refractivity contribution in [2.24, 2.45) is 0 Å². The number of H-pyrrole nitrogens is 1. The van der Waals surface area contributed by atoms with Gasteiger partial charge in [0.25, 0.3) is 5.91 Å². The molecule has 4 aromatic rings. The zero-order valence-electron chi connectivity index (χ0n) is 18.8. The number of ether oxygens (including phenoxy) is 1. The maximum atomic E-state index is 13.6. The molecule has 0 saturated heterocycles. The average Bonchev–Trinajstić information content (AvgIpc) is 3.37. The average molecular weight is 457 g/mol. The molecule has 3 N–H and O–H groups in total. The zero-order chi connectivity index (χ0) is 23.8. The van der Waals surface area contributed by atoms with Crippen LogP contribution in [0.5, 0.6) is 17.2 Å². The van der Waals surface area contributed by atoms with Gasteiger partial charge in [-0.1, -0.05) is 23.8 Å². The molecule has 1 amide bonds. The van der Waals surface area contributed by atoms with Gasteiger partial charge in [0.15, 0.2) is 11.5 Å². The number of aryl methyl sites for hydroxylation is 1. The first kappa shape index (κ1) is 21.5. The summed E-state index contributed by atoms with van der Waals surface area (Å²) in [7, 11) is 0. The maximum absolute atomic E-state index is 13.6. The molecule has 1 aliphatic rings. The largest absolute Gasteiger partial charge is 0.507 e. The van der Waals surface area contributed by atoms with E-state index in [-0.39, 0.29) is 17.4 Å². The number of amides is 1. The summed E-state index contributed by atoms with van der Waals surface area (Å²) in [6, 6.07) is 13.6. The van der Waals surface area contributed by atoms with Crippen LogP contribution >= 0.6 is 0 Å². The third kappa shape index (κ3) is 3.63. The molecule has 0 saturated carbocycles. The Morgan fingerprint density at radius 2 is 1.94 bits per heavy atom. The SMILES string of the molecule is CCOc1cc([C@@H]2c3c(-c4cc(C)ccc4O)n[nH]c3C(=O)N2Cc2cccnc2)ccc1O. The normalized spacial score (nSPS) is 14.9. The van der Waals surface area contributed by atoms with Crippen LogP contribution in [-0.2, 0) is 6.54 Å². The van der Waals surface area contributed by atoms with Gasteiger partial charge >= 0.3 is 0 Å². The molecule has 0 aliphatic carbocycles. The van der Waals surface area contributed by atoms with Crippen molar-refractivity contribution in [3.63, 3.8) is 0 Å². The van der Waals surface area contributed by atoms with E-state index < -0.39 is 6.04 Å². The summed E-state index contributed by atoms with van der Waals surface area (Å²) in [5.74, 6) is 0.238. The molecule has 3 heterocycles. The molecule has 0 bridgehead atoms. The summed E-state index contributed by atoms with van der Waals surface area (Å²) >= 11 is 0. The number of carbonyl (C=O) groups excluding carboxylic acids is 1. The minimum Gasteiger partial charge on any atom is -0.507 e.